The van der Waals surface area contributed by atoms with E-state index >= 15 is 0 Å². The molecule has 0 radical (unpaired) electrons. The van der Waals surface area contributed by atoms with Gasteiger partial charge in [-0.1, -0.05) is 12.1 Å². The molecule has 1 aromatic carbocycles. The Morgan fingerprint density at radius 3 is 2.75 bits per heavy atom. The molecule has 2 heterocycles. The lowest BCUT2D eigenvalue weighted by molar-refractivity contribution is 0.0904. The van der Waals surface area contributed by atoms with E-state index in [4.69, 9.17) is 10.2 Å². The second-order valence-corrected chi connectivity index (χ2v) is 5.15. The molecule has 2 N–H and O–H groups in total. The van der Waals surface area contributed by atoms with E-state index in [1.165, 1.54) is 11.0 Å². The first-order valence-corrected chi connectivity index (χ1v) is 6.13. The van der Waals surface area contributed by atoms with Gasteiger partial charge >= 0.3 is 6.03 Å². The van der Waals surface area contributed by atoms with Gasteiger partial charge in [0.05, 0.1) is 11.0 Å². The molecule has 7 heteroatoms. The quantitative estimate of drug-likeness (QED) is 0.901. The minimum Gasteiger partial charge on any atom is -0.420 e. The van der Waals surface area contributed by atoms with Gasteiger partial charge in [-0.15, -0.1) is 10.2 Å². The van der Waals surface area contributed by atoms with Crippen LogP contribution in [0.1, 0.15) is 12.8 Å². The summed E-state index contributed by atoms with van der Waals surface area (Å²) in [5.41, 5.74) is 5.02. The van der Waals surface area contributed by atoms with Crippen molar-refractivity contribution in [3.63, 3.8) is 0 Å². The molecule has 1 aliphatic heterocycles. The molecule has 1 fully saturated rings. The van der Waals surface area contributed by atoms with Crippen molar-refractivity contribution in [2.75, 3.05) is 13.1 Å². The highest BCUT2D eigenvalue weighted by atomic mass is 19.1. The van der Waals surface area contributed by atoms with Gasteiger partial charge in [0.15, 0.2) is 0 Å². The van der Waals surface area contributed by atoms with Gasteiger partial charge in [-0.3, -0.25) is 0 Å². The van der Waals surface area contributed by atoms with Crippen LogP contribution in [-0.4, -0.2) is 34.2 Å². The number of hydrogen-bond donors (Lipinski definition) is 1. The predicted molar refractivity (Wildman–Crippen MR) is 68.2 cm³/mol. The molecule has 1 saturated heterocycles. The summed E-state index contributed by atoms with van der Waals surface area (Å²) < 4.78 is 19.2. The van der Waals surface area contributed by atoms with E-state index in [0.29, 0.717) is 19.0 Å². The Morgan fingerprint density at radius 2 is 2.10 bits per heavy atom. The van der Waals surface area contributed by atoms with Crippen LogP contribution < -0.4 is 5.73 Å². The number of aromatic nitrogens is 2. The van der Waals surface area contributed by atoms with Crippen molar-refractivity contribution in [3.05, 3.63) is 36.0 Å². The van der Waals surface area contributed by atoms with Crippen molar-refractivity contribution >= 4 is 6.03 Å². The topological polar surface area (TPSA) is 85.2 Å². The summed E-state index contributed by atoms with van der Waals surface area (Å²) in [7, 11) is 0. The molecule has 6 nitrogen and oxygen atoms in total. The smallest absolute Gasteiger partial charge is 0.314 e. The van der Waals surface area contributed by atoms with Gasteiger partial charge in [0, 0.05) is 13.1 Å². The Morgan fingerprint density at radius 1 is 1.40 bits per heavy atom. The number of likely N-dealkylation sites (tertiary alicyclic amines) is 1. The van der Waals surface area contributed by atoms with Crippen molar-refractivity contribution in [1.82, 2.24) is 15.1 Å². The van der Waals surface area contributed by atoms with E-state index in [9.17, 15) is 9.18 Å². The summed E-state index contributed by atoms with van der Waals surface area (Å²) in [6.45, 7) is 2.73. The van der Waals surface area contributed by atoms with Gasteiger partial charge < -0.3 is 15.1 Å². The van der Waals surface area contributed by atoms with Crippen LogP contribution >= 0.6 is 0 Å². The van der Waals surface area contributed by atoms with Crippen LogP contribution in [0.15, 0.2) is 28.7 Å². The Kier molecular flexibility index (Phi) is 2.70. The number of nitrogens with two attached hydrogens (primary N) is 1. The normalized spacial score (nSPS) is 16.8. The lowest BCUT2D eigenvalue weighted by atomic mass is 9.82. The van der Waals surface area contributed by atoms with Gasteiger partial charge in [-0.2, -0.15) is 0 Å². The largest absolute Gasteiger partial charge is 0.420 e. The number of rotatable bonds is 2. The number of halogens is 1. The van der Waals surface area contributed by atoms with Gasteiger partial charge in [0.1, 0.15) is 5.82 Å². The number of primary amides is 1. The van der Waals surface area contributed by atoms with Crippen molar-refractivity contribution in [1.29, 1.82) is 0 Å². The van der Waals surface area contributed by atoms with E-state index in [-0.39, 0.29) is 11.5 Å². The Labute approximate surface area is 114 Å². The molecule has 0 bridgehead atoms. The number of carbonyl (C=O) groups excluding carboxylic acids is 1. The second kappa shape index (κ2) is 4.29. The average molecular weight is 276 g/mol. The van der Waals surface area contributed by atoms with Crippen LogP contribution in [0.2, 0.25) is 0 Å². The number of urea groups is 1. The SMILES string of the molecule is CC1(c2nnc(-c3ccccc3F)o2)CN(C(N)=O)C1. The molecule has 1 aromatic heterocycles. The fourth-order valence-corrected chi connectivity index (χ4v) is 2.30. The highest BCUT2D eigenvalue weighted by Gasteiger charge is 2.46. The van der Waals surface area contributed by atoms with E-state index in [1.54, 1.807) is 18.2 Å². The molecule has 2 amide bonds. The lowest BCUT2D eigenvalue weighted by Gasteiger charge is -2.44. The van der Waals surface area contributed by atoms with Crippen molar-refractivity contribution in [3.8, 4) is 11.5 Å². The Balaban J connectivity index is 1.85. The standard InChI is InChI=1S/C13H13FN4O2/c1-13(6-18(7-13)12(15)19)11-17-16-10(20-11)8-4-2-3-5-9(8)14/h2-5H,6-7H2,1H3,(H2,15,19). The van der Waals surface area contributed by atoms with Crippen LogP contribution in [0.25, 0.3) is 11.5 Å². The molecule has 0 unspecified atom stereocenters. The number of carbonyl (C=O) groups is 1. The minimum absolute atomic E-state index is 0.136. The molecule has 0 spiro atoms. The molecule has 104 valence electrons. The number of hydrogen-bond acceptors (Lipinski definition) is 4. The van der Waals surface area contributed by atoms with Crippen LogP contribution in [-0.2, 0) is 5.41 Å². The zero-order valence-electron chi connectivity index (χ0n) is 10.8. The van der Waals surface area contributed by atoms with Crippen molar-refractivity contribution in [2.45, 2.75) is 12.3 Å². The first kappa shape index (κ1) is 12.6. The summed E-state index contributed by atoms with van der Waals surface area (Å²) in [5, 5.41) is 7.83. The lowest BCUT2D eigenvalue weighted by Crippen LogP contribution is -2.61. The maximum absolute atomic E-state index is 13.6. The number of nitrogens with zero attached hydrogens (tertiary/aromatic N) is 3. The van der Waals surface area contributed by atoms with E-state index in [0.717, 1.165) is 0 Å². The van der Waals surface area contributed by atoms with Crippen LogP contribution in [0.5, 0.6) is 0 Å². The first-order chi connectivity index (χ1) is 9.49. The maximum atomic E-state index is 13.6. The maximum Gasteiger partial charge on any atom is 0.314 e. The van der Waals surface area contributed by atoms with Gasteiger partial charge in [0.25, 0.3) is 5.89 Å². The van der Waals surface area contributed by atoms with Gasteiger partial charge in [0.2, 0.25) is 5.89 Å². The summed E-state index contributed by atoms with van der Waals surface area (Å²) in [4.78, 5) is 12.5. The second-order valence-electron chi connectivity index (χ2n) is 5.15. The molecule has 0 atom stereocenters. The Bertz CT molecular complexity index is 664. The number of amides is 2. The molecular formula is C13H13FN4O2. The highest BCUT2D eigenvalue weighted by Crippen LogP contribution is 2.34. The third kappa shape index (κ3) is 1.91. The molecular weight excluding hydrogens is 263 g/mol. The first-order valence-electron chi connectivity index (χ1n) is 6.13. The minimum atomic E-state index is -0.476. The van der Waals surface area contributed by atoms with E-state index < -0.39 is 17.3 Å². The van der Waals surface area contributed by atoms with Crippen LogP contribution in [0.3, 0.4) is 0 Å². The predicted octanol–water partition coefficient (Wildman–Crippen LogP) is 1.53. The fraction of sp³-hybridized carbons (Fsp3) is 0.308. The zero-order valence-corrected chi connectivity index (χ0v) is 10.8. The van der Waals surface area contributed by atoms with Crippen molar-refractivity contribution < 1.29 is 13.6 Å². The van der Waals surface area contributed by atoms with Crippen molar-refractivity contribution in [2.24, 2.45) is 5.73 Å². The zero-order chi connectivity index (χ0) is 14.3. The van der Waals surface area contributed by atoms with Gasteiger partial charge in [-0.05, 0) is 19.1 Å². The van der Waals surface area contributed by atoms with Crippen LogP contribution in [0, 0.1) is 5.82 Å². The monoisotopic (exact) mass is 276 g/mol. The summed E-state index contributed by atoms with van der Waals surface area (Å²) in [5.74, 6) is 0.102. The summed E-state index contributed by atoms with van der Waals surface area (Å²) in [6.07, 6.45) is 0. The highest BCUT2D eigenvalue weighted by molar-refractivity contribution is 5.73. The molecule has 20 heavy (non-hydrogen) atoms. The third-order valence-electron chi connectivity index (χ3n) is 3.44. The van der Waals surface area contributed by atoms with E-state index in [1.807, 2.05) is 6.92 Å². The molecule has 0 saturated carbocycles. The molecule has 2 aromatic rings. The van der Waals surface area contributed by atoms with Crippen LogP contribution in [0.4, 0.5) is 9.18 Å². The fourth-order valence-electron chi connectivity index (χ4n) is 2.30. The van der Waals surface area contributed by atoms with Gasteiger partial charge in [-0.25, -0.2) is 9.18 Å². The number of benzene rings is 1. The average Bonchev–Trinajstić information content (AvgIpc) is 2.85. The third-order valence-corrected chi connectivity index (χ3v) is 3.44. The summed E-state index contributed by atoms with van der Waals surface area (Å²) >= 11 is 0. The summed E-state index contributed by atoms with van der Waals surface area (Å²) in [6, 6.07) is 5.72. The van der Waals surface area contributed by atoms with E-state index in [2.05, 4.69) is 10.2 Å². The molecule has 0 aliphatic carbocycles. The Hall–Kier alpha value is -2.44. The molecule has 1 aliphatic rings. The molecule has 3 rings (SSSR count).